The lowest BCUT2D eigenvalue weighted by atomic mass is 10.1. The molecule has 0 bridgehead atoms. The minimum Gasteiger partial charge on any atom is -0.341 e. The number of aryl methyl sites for hydroxylation is 4. The second-order valence-electron chi connectivity index (χ2n) is 7.21. The van der Waals surface area contributed by atoms with E-state index >= 15 is 0 Å². The fourth-order valence-electron chi connectivity index (χ4n) is 3.82. The molecule has 0 saturated heterocycles. The molecule has 2 aromatic carbocycles. The molecule has 5 rings (SSSR count). The third-order valence-electron chi connectivity index (χ3n) is 5.30. The van der Waals surface area contributed by atoms with Crippen molar-refractivity contribution in [3.8, 4) is 22.6 Å². The molecule has 0 unspecified atom stereocenters. The largest absolute Gasteiger partial charge is 0.341 e. The molecular formula is C23H22N6. The molecule has 3 heterocycles. The van der Waals surface area contributed by atoms with Crippen molar-refractivity contribution in [1.29, 1.82) is 0 Å². The van der Waals surface area contributed by atoms with Gasteiger partial charge in [-0.25, -0.2) is 15.0 Å². The molecular weight excluding hydrogens is 360 g/mol. The van der Waals surface area contributed by atoms with E-state index in [-0.39, 0.29) is 0 Å². The second-order valence-corrected chi connectivity index (χ2v) is 7.21. The van der Waals surface area contributed by atoms with E-state index in [0.717, 1.165) is 58.3 Å². The molecule has 0 aliphatic carbocycles. The van der Waals surface area contributed by atoms with Gasteiger partial charge in [-0.15, -0.1) is 0 Å². The number of nitrogens with zero attached hydrogens (tertiary/aromatic N) is 5. The summed E-state index contributed by atoms with van der Waals surface area (Å²) in [6.07, 6.45) is 4.61. The lowest BCUT2D eigenvalue weighted by Gasteiger charge is -2.09. The monoisotopic (exact) mass is 382 g/mol. The molecule has 0 aliphatic rings. The summed E-state index contributed by atoms with van der Waals surface area (Å²) in [4.78, 5) is 17.3. The number of aromatic amines is 1. The highest BCUT2D eigenvalue weighted by Crippen LogP contribution is 2.30. The maximum atomic E-state index is 4.81. The lowest BCUT2D eigenvalue weighted by molar-refractivity contribution is 0.658. The average Bonchev–Trinajstić information content (AvgIpc) is 3.44. The van der Waals surface area contributed by atoms with Gasteiger partial charge in [-0.05, 0) is 19.1 Å². The van der Waals surface area contributed by atoms with Crippen LogP contribution in [-0.4, -0.2) is 29.1 Å². The topological polar surface area (TPSA) is 64.3 Å². The zero-order valence-electron chi connectivity index (χ0n) is 16.5. The molecule has 1 N–H and O–H groups in total. The van der Waals surface area contributed by atoms with Gasteiger partial charge >= 0.3 is 0 Å². The Kier molecular flexibility index (Phi) is 4.24. The van der Waals surface area contributed by atoms with Gasteiger partial charge in [0.05, 0.1) is 40.6 Å². The summed E-state index contributed by atoms with van der Waals surface area (Å²) in [7, 11) is 2.08. The number of fused-ring (bicyclic) bond motifs is 1. The molecule has 6 nitrogen and oxygen atoms in total. The van der Waals surface area contributed by atoms with E-state index in [1.165, 1.54) is 0 Å². The lowest BCUT2D eigenvalue weighted by Crippen LogP contribution is -2.06. The van der Waals surface area contributed by atoms with Gasteiger partial charge < -0.3 is 14.1 Å². The van der Waals surface area contributed by atoms with Crippen molar-refractivity contribution in [2.45, 2.75) is 19.9 Å². The summed E-state index contributed by atoms with van der Waals surface area (Å²) < 4.78 is 4.36. The number of imidazole rings is 3. The second kappa shape index (κ2) is 7.05. The standard InChI is InChI=1S/C23H22N6/c1-16-24-14-19(26-16)23-22(17-8-4-3-5-9-17)25-15-29(23)13-12-21-27-18-10-6-7-11-20(18)28(21)2/h3-11,14-15H,12-13H2,1-2H3,(H,24,26). The number of H-pyrrole nitrogens is 1. The Balaban J connectivity index is 1.53. The summed E-state index contributed by atoms with van der Waals surface area (Å²) in [5.74, 6) is 1.95. The molecule has 5 aromatic rings. The van der Waals surface area contributed by atoms with Crippen molar-refractivity contribution >= 4 is 11.0 Å². The molecule has 0 atom stereocenters. The Morgan fingerprint density at radius 3 is 2.52 bits per heavy atom. The number of rotatable bonds is 5. The van der Waals surface area contributed by atoms with Crippen LogP contribution in [0, 0.1) is 6.92 Å². The Morgan fingerprint density at radius 2 is 1.76 bits per heavy atom. The first-order valence-electron chi connectivity index (χ1n) is 9.73. The van der Waals surface area contributed by atoms with Crippen LogP contribution in [0.1, 0.15) is 11.6 Å². The van der Waals surface area contributed by atoms with Crippen LogP contribution >= 0.6 is 0 Å². The molecule has 6 heteroatoms. The van der Waals surface area contributed by atoms with Gasteiger partial charge in [0.1, 0.15) is 11.6 Å². The van der Waals surface area contributed by atoms with Crippen LogP contribution in [-0.2, 0) is 20.0 Å². The molecule has 144 valence electrons. The van der Waals surface area contributed by atoms with Crippen LogP contribution < -0.4 is 0 Å². The average molecular weight is 382 g/mol. The molecule has 3 aromatic heterocycles. The van der Waals surface area contributed by atoms with Gasteiger partial charge in [0.15, 0.2) is 0 Å². The first-order chi connectivity index (χ1) is 14.2. The number of benzene rings is 2. The Morgan fingerprint density at radius 1 is 0.966 bits per heavy atom. The van der Waals surface area contributed by atoms with Gasteiger partial charge in [-0.1, -0.05) is 42.5 Å². The summed E-state index contributed by atoms with van der Waals surface area (Å²) in [6, 6.07) is 18.5. The molecule has 0 spiro atoms. The summed E-state index contributed by atoms with van der Waals surface area (Å²) in [6.45, 7) is 2.75. The van der Waals surface area contributed by atoms with E-state index in [1.807, 2.05) is 43.7 Å². The molecule has 0 radical (unpaired) electrons. The third-order valence-corrected chi connectivity index (χ3v) is 5.30. The SMILES string of the molecule is Cc1ncc(-c2c(-c3ccccc3)ncn2CCc2nc3ccccc3n2C)[nH]1. The van der Waals surface area contributed by atoms with Crippen LogP contribution in [0.2, 0.25) is 0 Å². The molecule has 0 fully saturated rings. The van der Waals surface area contributed by atoms with Gasteiger partial charge in [-0.2, -0.15) is 0 Å². The quantitative estimate of drug-likeness (QED) is 0.491. The molecule has 0 saturated carbocycles. The van der Waals surface area contributed by atoms with Gasteiger partial charge in [0.2, 0.25) is 0 Å². The van der Waals surface area contributed by atoms with Crippen LogP contribution in [0.15, 0.2) is 67.1 Å². The Bertz CT molecular complexity index is 1280. The molecule has 0 aliphatic heterocycles. The van der Waals surface area contributed by atoms with Crippen molar-refractivity contribution < 1.29 is 0 Å². The number of hydrogen-bond acceptors (Lipinski definition) is 3. The maximum absolute atomic E-state index is 4.81. The third kappa shape index (κ3) is 3.12. The fourth-order valence-corrected chi connectivity index (χ4v) is 3.82. The van der Waals surface area contributed by atoms with Crippen molar-refractivity contribution in [3.05, 3.63) is 78.8 Å². The highest BCUT2D eigenvalue weighted by atomic mass is 15.1. The van der Waals surface area contributed by atoms with E-state index in [4.69, 9.17) is 9.97 Å². The van der Waals surface area contributed by atoms with E-state index in [0.29, 0.717) is 0 Å². The van der Waals surface area contributed by atoms with E-state index in [2.05, 4.69) is 56.5 Å². The van der Waals surface area contributed by atoms with Gasteiger partial charge in [0.25, 0.3) is 0 Å². The van der Waals surface area contributed by atoms with Crippen LogP contribution in [0.5, 0.6) is 0 Å². The summed E-state index contributed by atoms with van der Waals surface area (Å²) in [5.41, 5.74) is 6.27. The first kappa shape index (κ1) is 17.4. The van der Waals surface area contributed by atoms with E-state index < -0.39 is 0 Å². The minimum absolute atomic E-state index is 0.782. The van der Waals surface area contributed by atoms with Gasteiger partial charge in [-0.3, -0.25) is 0 Å². The van der Waals surface area contributed by atoms with Crippen molar-refractivity contribution in [2.75, 3.05) is 0 Å². The predicted octanol–water partition coefficient (Wildman–Crippen LogP) is 4.38. The number of aromatic nitrogens is 6. The Hall–Kier alpha value is -3.67. The van der Waals surface area contributed by atoms with Crippen LogP contribution in [0.25, 0.3) is 33.7 Å². The van der Waals surface area contributed by atoms with Crippen LogP contribution in [0.4, 0.5) is 0 Å². The smallest absolute Gasteiger partial charge is 0.111 e. The zero-order valence-corrected chi connectivity index (χ0v) is 16.5. The van der Waals surface area contributed by atoms with Crippen molar-refractivity contribution in [2.24, 2.45) is 7.05 Å². The molecule has 29 heavy (non-hydrogen) atoms. The van der Waals surface area contributed by atoms with Crippen molar-refractivity contribution in [3.63, 3.8) is 0 Å². The first-order valence-corrected chi connectivity index (χ1v) is 9.73. The number of para-hydroxylation sites is 2. The zero-order chi connectivity index (χ0) is 19.8. The number of nitrogens with one attached hydrogen (secondary N) is 1. The van der Waals surface area contributed by atoms with Crippen LogP contribution in [0.3, 0.4) is 0 Å². The Labute approximate surface area is 168 Å². The van der Waals surface area contributed by atoms with Gasteiger partial charge in [0, 0.05) is 25.6 Å². The highest BCUT2D eigenvalue weighted by Gasteiger charge is 2.17. The van der Waals surface area contributed by atoms with E-state index in [1.54, 1.807) is 0 Å². The maximum Gasteiger partial charge on any atom is 0.111 e. The predicted molar refractivity (Wildman–Crippen MR) is 114 cm³/mol. The van der Waals surface area contributed by atoms with Crippen molar-refractivity contribution in [1.82, 2.24) is 29.1 Å². The fraction of sp³-hybridized carbons (Fsp3) is 0.174. The minimum atomic E-state index is 0.782. The summed E-state index contributed by atoms with van der Waals surface area (Å²) in [5, 5.41) is 0. The number of hydrogen-bond donors (Lipinski definition) is 1. The summed E-state index contributed by atoms with van der Waals surface area (Å²) >= 11 is 0. The highest BCUT2D eigenvalue weighted by molar-refractivity contribution is 5.77. The molecule has 0 amide bonds. The normalized spacial score (nSPS) is 11.4. The van der Waals surface area contributed by atoms with E-state index in [9.17, 15) is 0 Å².